The third-order valence-electron chi connectivity index (χ3n) is 3.67. The van der Waals surface area contributed by atoms with Crippen LogP contribution in [0, 0.1) is 0 Å². The van der Waals surface area contributed by atoms with Crippen LogP contribution in [-0.4, -0.2) is 42.4 Å². The molecule has 0 aliphatic carbocycles. The van der Waals surface area contributed by atoms with Gasteiger partial charge in [-0.25, -0.2) is 9.78 Å². The van der Waals surface area contributed by atoms with E-state index in [0.29, 0.717) is 17.9 Å². The summed E-state index contributed by atoms with van der Waals surface area (Å²) in [7, 11) is 1.48. The molecule has 1 fully saturated rings. The molecule has 2 amide bonds. The van der Waals surface area contributed by atoms with E-state index in [1.54, 1.807) is 12.1 Å². The van der Waals surface area contributed by atoms with Crippen LogP contribution in [0.25, 0.3) is 11.0 Å². The number of carbonyl (C=O) groups excluding carboxylic acids is 1. The molecular formula is C15H18N4O4. The number of hydrogen-bond acceptors (Lipinski definition) is 5. The summed E-state index contributed by atoms with van der Waals surface area (Å²) < 4.78 is 10.4. The molecule has 1 aliphatic rings. The highest BCUT2D eigenvalue weighted by atomic mass is 16.5. The second-order valence-corrected chi connectivity index (χ2v) is 5.25. The zero-order valence-electron chi connectivity index (χ0n) is 12.7. The number of fused-ring (bicyclic) bond motifs is 1. The number of carbonyl (C=O) groups is 1. The average Bonchev–Trinajstić information content (AvgIpc) is 3.09. The van der Waals surface area contributed by atoms with Crippen LogP contribution in [0.2, 0.25) is 0 Å². The Kier molecular flexibility index (Phi) is 4.42. The summed E-state index contributed by atoms with van der Waals surface area (Å²) in [5, 5.41) is 5.23. The van der Waals surface area contributed by atoms with Crippen molar-refractivity contribution in [1.29, 1.82) is 0 Å². The molecule has 3 heterocycles. The van der Waals surface area contributed by atoms with Crippen molar-refractivity contribution in [1.82, 2.24) is 15.3 Å². The maximum atomic E-state index is 12.4. The van der Waals surface area contributed by atoms with Crippen molar-refractivity contribution in [3.05, 3.63) is 28.6 Å². The molecule has 2 aromatic rings. The number of H-pyrrole nitrogens is 1. The minimum atomic E-state index is -0.451. The van der Waals surface area contributed by atoms with Crippen molar-refractivity contribution < 1.29 is 14.3 Å². The van der Waals surface area contributed by atoms with Crippen LogP contribution in [0.1, 0.15) is 12.8 Å². The number of aromatic amines is 1. The lowest BCUT2D eigenvalue weighted by atomic mass is 10.2. The topological polar surface area (TPSA) is 105 Å². The third-order valence-corrected chi connectivity index (χ3v) is 3.67. The van der Waals surface area contributed by atoms with Gasteiger partial charge in [0.2, 0.25) is 11.3 Å². The van der Waals surface area contributed by atoms with Crippen molar-refractivity contribution in [2.24, 2.45) is 0 Å². The quantitative estimate of drug-likeness (QED) is 0.786. The van der Waals surface area contributed by atoms with Gasteiger partial charge in [-0.05, 0) is 18.9 Å². The highest BCUT2D eigenvalue weighted by Gasteiger charge is 2.17. The van der Waals surface area contributed by atoms with E-state index < -0.39 is 6.03 Å². The minimum absolute atomic E-state index is 0.0431. The molecule has 0 aromatic carbocycles. The summed E-state index contributed by atoms with van der Waals surface area (Å²) >= 11 is 0. The first kappa shape index (κ1) is 15.3. The van der Waals surface area contributed by atoms with Crippen molar-refractivity contribution >= 4 is 22.8 Å². The number of hydrogen-bond donors (Lipinski definition) is 3. The number of pyridine rings is 2. The molecule has 23 heavy (non-hydrogen) atoms. The summed E-state index contributed by atoms with van der Waals surface area (Å²) in [6.45, 7) is 1.15. The van der Waals surface area contributed by atoms with Crippen LogP contribution >= 0.6 is 0 Å². The first-order valence-electron chi connectivity index (χ1n) is 7.40. The normalized spacial score (nSPS) is 17.2. The number of aromatic nitrogens is 2. The fourth-order valence-corrected chi connectivity index (χ4v) is 2.46. The van der Waals surface area contributed by atoms with Crippen LogP contribution in [0.5, 0.6) is 5.88 Å². The van der Waals surface area contributed by atoms with Crippen LogP contribution in [0.4, 0.5) is 10.5 Å². The Balaban J connectivity index is 1.73. The smallest absolute Gasteiger partial charge is 0.319 e. The molecule has 3 rings (SSSR count). The number of nitrogens with zero attached hydrogens (tertiary/aromatic N) is 1. The molecule has 122 valence electrons. The van der Waals surface area contributed by atoms with E-state index in [-0.39, 0.29) is 22.7 Å². The van der Waals surface area contributed by atoms with Gasteiger partial charge in [0.1, 0.15) is 11.2 Å². The molecule has 3 N–H and O–H groups in total. The zero-order chi connectivity index (χ0) is 16.2. The van der Waals surface area contributed by atoms with Crippen LogP contribution in [0.15, 0.2) is 23.1 Å². The largest absolute Gasteiger partial charge is 0.481 e. The second kappa shape index (κ2) is 6.66. The van der Waals surface area contributed by atoms with Crippen molar-refractivity contribution in [3.63, 3.8) is 0 Å². The Bertz CT molecular complexity index is 768. The highest BCUT2D eigenvalue weighted by Crippen LogP contribution is 2.13. The predicted octanol–water partition coefficient (Wildman–Crippen LogP) is 1.23. The van der Waals surface area contributed by atoms with Crippen LogP contribution < -0.4 is 20.8 Å². The summed E-state index contributed by atoms with van der Waals surface area (Å²) in [5.41, 5.74) is 0.537. The Morgan fingerprint density at radius 1 is 1.52 bits per heavy atom. The lowest BCUT2D eigenvalue weighted by Gasteiger charge is -2.11. The first-order valence-corrected chi connectivity index (χ1v) is 7.40. The molecule has 8 nitrogen and oxygen atoms in total. The molecule has 0 bridgehead atoms. The van der Waals surface area contributed by atoms with Gasteiger partial charge in [-0.15, -0.1) is 0 Å². The molecule has 1 saturated heterocycles. The Labute approximate surface area is 132 Å². The maximum Gasteiger partial charge on any atom is 0.319 e. The maximum absolute atomic E-state index is 12.4. The van der Waals surface area contributed by atoms with Gasteiger partial charge < -0.3 is 25.1 Å². The molecule has 2 aromatic heterocycles. The van der Waals surface area contributed by atoms with Gasteiger partial charge in [0, 0.05) is 25.4 Å². The third kappa shape index (κ3) is 3.42. The Hall–Kier alpha value is -2.61. The number of urea groups is 1. The van der Waals surface area contributed by atoms with E-state index in [1.807, 2.05) is 0 Å². The van der Waals surface area contributed by atoms with Gasteiger partial charge in [-0.2, -0.15) is 0 Å². The highest BCUT2D eigenvalue weighted by molar-refractivity contribution is 5.91. The SMILES string of the molecule is COc1ccc2[nH]cc(NC(=O)NC[C@@H]3CCCO3)c(=O)c2n1. The molecule has 1 aliphatic heterocycles. The van der Waals surface area contributed by atoms with E-state index in [0.717, 1.165) is 19.4 Å². The second-order valence-electron chi connectivity index (χ2n) is 5.25. The number of anilines is 1. The Morgan fingerprint density at radius 2 is 2.39 bits per heavy atom. The minimum Gasteiger partial charge on any atom is -0.481 e. The molecule has 8 heteroatoms. The summed E-state index contributed by atoms with van der Waals surface area (Å²) in [6, 6.07) is 2.90. The van der Waals surface area contributed by atoms with E-state index in [4.69, 9.17) is 9.47 Å². The lowest BCUT2D eigenvalue weighted by molar-refractivity contribution is 0.112. The molecule has 0 spiro atoms. The van der Waals surface area contributed by atoms with Gasteiger partial charge >= 0.3 is 6.03 Å². The number of nitrogens with one attached hydrogen (secondary N) is 3. The molecule has 0 saturated carbocycles. The lowest BCUT2D eigenvalue weighted by Crippen LogP contribution is -2.36. The van der Waals surface area contributed by atoms with Crippen molar-refractivity contribution in [2.45, 2.75) is 18.9 Å². The number of methoxy groups -OCH3 is 1. The summed E-state index contributed by atoms with van der Waals surface area (Å²) in [6.07, 6.45) is 3.43. The Morgan fingerprint density at radius 3 is 3.13 bits per heavy atom. The van der Waals surface area contributed by atoms with Crippen LogP contribution in [0.3, 0.4) is 0 Å². The number of rotatable bonds is 4. The zero-order valence-corrected chi connectivity index (χ0v) is 12.7. The predicted molar refractivity (Wildman–Crippen MR) is 84.9 cm³/mol. The summed E-state index contributed by atoms with van der Waals surface area (Å²) in [5.74, 6) is 0.336. The standard InChI is InChI=1S/C15H18N4O4/c1-22-12-5-4-10-13(19-12)14(20)11(8-16-10)18-15(21)17-7-9-3-2-6-23-9/h4-5,8-9H,2-3,6-7H2,1H3,(H,16,20)(H2,17,18,21)/t9-/m0/s1. The van der Waals surface area contributed by atoms with Gasteiger partial charge in [-0.1, -0.05) is 0 Å². The fraction of sp³-hybridized carbons (Fsp3) is 0.400. The number of amides is 2. The van der Waals surface area contributed by atoms with Crippen molar-refractivity contribution in [3.8, 4) is 5.88 Å². The van der Waals surface area contributed by atoms with E-state index in [9.17, 15) is 9.59 Å². The number of ether oxygens (including phenoxy) is 2. The van der Waals surface area contributed by atoms with Gasteiger partial charge in [0.05, 0.1) is 18.7 Å². The molecular weight excluding hydrogens is 300 g/mol. The fourth-order valence-electron chi connectivity index (χ4n) is 2.46. The van der Waals surface area contributed by atoms with Gasteiger partial charge in [0.25, 0.3) is 0 Å². The van der Waals surface area contributed by atoms with Crippen molar-refractivity contribution in [2.75, 3.05) is 25.6 Å². The van der Waals surface area contributed by atoms with E-state index in [1.165, 1.54) is 13.3 Å². The molecule has 0 radical (unpaired) electrons. The average molecular weight is 318 g/mol. The first-order chi connectivity index (χ1) is 11.2. The van der Waals surface area contributed by atoms with E-state index >= 15 is 0 Å². The molecule has 1 atom stereocenters. The summed E-state index contributed by atoms with van der Waals surface area (Å²) in [4.78, 5) is 31.3. The van der Waals surface area contributed by atoms with E-state index in [2.05, 4.69) is 20.6 Å². The van der Waals surface area contributed by atoms with Gasteiger partial charge in [-0.3, -0.25) is 4.79 Å². The monoisotopic (exact) mass is 318 g/mol. The van der Waals surface area contributed by atoms with Gasteiger partial charge in [0.15, 0.2) is 0 Å². The molecule has 0 unspecified atom stereocenters. The van der Waals surface area contributed by atoms with Crippen LogP contribution in [-0.2, 0) is 4.74 Å².